The third kappa shape index (κ3) is 4.65. The molecule has 5 rings (SSSR count). The Kier molecular flexibility index (Phi) is 5.90. The first-order chi connectivity index (χ1) is 16.1. The van der Waals surface area contributed by atoms with Crippen molar-refractivity contribution < 1.29 is 9.59 Å². The van der Waals surface area contributed by atoms with Gasteiger partial charge in [-0.2, -0.15) is 0 Å². The van der Waals surface area contributed by atoms with Crippen molar-refractivity contribution in [2.45, 2.75) is 0 Å². The number of hydrogen-bond acceptors (Lipinski definition) is 6. The summed E-state index contributed by atoms with van der Waals surface area (Å²) in [6.45, 7) is 4.02. The molecule has 0 atom stereocenters. The van der Waals surface area contributed by atoms with Crippen LogP contribution in [-0.4, -0.2) is 54.8 Å². The van der Waals surface area contributed by atoms with Crippen molar-refractivity contribution in [1.29, 1.82) is 0 Å². The Morgan fingerprint density at radius 3 is 2.24 bits per heavy atom. The van der Waals surface area contributed by atoms with E-state index in [1.54, 1.807) is 47.7 Å². The highest BCUT2D eigenvalue weighted by Gasteiger charge is 2.18. The lowest BCUT2D eigenvalue weighted by molar-refractivity contribution is 0.102. The Bertz CT molecular complexity index is 1290. The molecule has 166 valence electrons. The van der Waals surface area contributed by atoms with Crippen molar-refractivity contribution in [3.63, 3.8) is 0 Å². The minimum Gasteiger partial charge on any atom is -0.345 e. The largest absolute Gasteiger partial charge is 0.345 e. The Morgan fingerprint density at radius 2 is 1.52 bits per heavy atom. The Morgan fingerprint density at radius 1 is 0.848 bits per heavy atom. The van der Waals surface area contributed by atoms with Gasteiger partial charge in [-0.25, -0.2) is 4.98 Å². The lowest BCUT2D eigenvalue weighted by Crippen LogP contribution is -2.44. The summed E-state index contributed by atoms with van der Waals surface area (Å²) >= 11 is 1.65. The average Bonchev–Trinajstić information content (AvgIpc) is 3.28. The Hall–Kier alpha value is -3.55. The number of anilines is 2. The summed E-state index contributed by atoms with van der Waals surface area (Å²) in [5.41, 5.74) is 3.35. The van der Waals surface area contributed by atoms with Crippen LogP contribution in [0.25, 0.3) is 10.2 Å². The molecule has 0 saturated carbocycles. The predicted octanol–water partition coefficient (Wildman–Crippen LogP) is 4.53. The quantitative estimate of drug-likeness (QED) is 0.447. The fourth-order valence-electron chi connectivity index (χ4n) is 3.86. The van der Waals surface area contributed by atoms with Crippen molar-refractivity contribution in [3.8, 4) is 0 Å². The summed E-state index contributed by atoms with van der Waals surface area (Å²) in [5, 5.41) is 3.99. The van der Waals surface area contributed by atoms with Gasteiger partial charge in [0.05, 0.1) is 10.2 Å². The van der Waals surface area contributed by atoms with Gasteiger partial charge in [-0.1, -0.05) is 53.8 Å². The van der Waals surface area contributed by atoms with Crippen LogP contribution in [0.2, 0.25) is 0 Å². The van der Waals surface area contributed by atoms with Crippen molar-refractivity contribution in [2.24, 2.45) is 0 Å². The minimum absolute atomic E-state index is 0.0608. The zero-order valence-corrected chi connectivity index (χ0v) is 19.1. The number of nitrogens with zero attached hydrogens (tertiary/aromatic N) is 3. The molecule has 0 unspecified atom stereocenters. The molecular weight excluding hydrogens is 432 g/mol. The van der Waals surface area contributed by atoms with E-state index in [0.717, 1.165) is 47.2 Å². The molecule has 1 fully saturated rings. The van der Waals surface area contributed by atoms with Gasteiger partial charge in [0.1, 0.15) is 0 Å². The second kappa shape index (κ2) is 9.13. The van der Waals surface area contributed by atoms with E-state index in [-0.39, 0.29) is 11.7 Å². The van der Waals surface area contributed by atoms with Gasteiger partial charge in [0.2, 0.25) is 0 Å². The molecule has 1 saturated heterocycles. The van der Waals surface area contributed by atoms with Crippen LogP contribution in [0.1, 0.15) is 26.3 Å². The predicted molar refractivity (Wildman–Crippen MR) is 134 cm³/mol. The third-order valence-electron chi connectivity index (χ3n) is 5.85. The van der Waals surface area contributed by atoms with Gasteiger partial charge >= 0.3 is 0 Å². The zero-order chi connectivity index (χ0) is 22.8. The van der Waals surface area contributed by atoms with Crippen LogP contribution in [0.3, 0.4) is 0 Å². The average molecular weight is 457 g/mol. The number of carbonyl (C=O) groups is 2. The number of thiazole rings is 1. The maximum Gasteiger partial charge on any atom is 0.255 e. The number of carbonyl (C=O) groups excluding carboxylic acids is 2. The van der Waals surface area contributed by atoms with E-state index in [1.807, 2.05) is 36.4 Å². The summed E-state index contributed by atoms with van der Waals surface area (Å²) in [5.74, 6) is -0.272. The summed E-state index contributed by atoms with van der Waals surface area (Å²) in [7, 11) is 2.14. The maximum atomic E-state index is 12.8. The Balaban J connectivity index is 1.28. The lowest BCUT2D eigenvalue weighted by Gasteiger charge is -2.31. The second-order valence-electron chi connectivity index (χ2n) is 8.20. The molecular formula is C26H24N4O2S. The lowest BCUT2D eigenvalue weighted by atomic mass is 10.0. The Labute approximate surface area is 196 Å². The monoisotopic (exact) mass is 456 g/mol. The summed E-state index contributed by atoms with van der Waals surface area (Å²) in [6, 6.07) is 21.7. The summed E-state index contributed by atoms with van der Waals surface area (Å²) in [4.78, 5) is 34.7. The van der Waals surface area contributed by atoms with Crippen molar-refractivity contribution in [2.75, 3.05) is 43.4 Å². The molecule has 6 nitrogen and oxygen atoms in total. The van der Waals surface area contributed by atoms with Gasteiger partial charge in [-0.05, 0) is 37.4 Å². The van der Waals surface area contributed by atoms with Gasteiger partial charge < -0.3 is 15.1 Å². The fourth-order valence-corrected chi connectivity index (χ4v) is 4.91. The fraction of sp³-hybridized carbons (Fsp3) is 0.192. The van der Waals surface area contributed by atoms with E-state index in [2.05, 4.69) is 22.2 Å². The molecule has 0 aliphatic carbocycles. The van der Waals surface area contributed by atoms with E-state index in [9.17, 15) is 9.59 Å². The minimum atomic E-state index is -0.211. The molecule has 0 radical (unpaired) electrons. The van der Waals surface area contributed by atoms with Crippen LogP contribution in [0.4, 0.5) is 10.8 Å². The van der Waals surface area contributed by atoms with E-state index in [4.69, 9.17) is 4.98 Å². The second-order valence-corrected chi connectivity index (χ2v) is 9.20. The number of amides is 1. The number of ketones is 1. The molecule has 1 amide bonds. The molecule has 1 N–H and O–H groups in total. The molecule has 7 heteroatoms. The normalized spacial score (nSPS) is 14.4. The molecule has 33 heavy (non-hydrogen) atoms. The van der Waals surface area contributed by atoms with Crippen LogP contribution >= 0.6 is 11.3 Å². The maximum absolute atomic E-state index is 12.8. The molecule has 1 aliphatic heterocycles. The number of aromatic nitrogens is 1. The van der Waals surface area contributed by atoms with E-state index in [1.165, 1.54) is 0 Å². The number of nitrogens with one attached hydrogen (secondary N) is 1. The van der Waals surface area contributed by atoms with Crippen molar-refractivity contribution >= 4 is 44.1 Å². The van der Waals surface area contributed by atoms with E-state index in [0.29, 0.717) is 16.7 Å². The number of benzene rings is 3. The van der Waals surface area contributed by atoms with Crippen LogP contribution in [0.5, 0.6) is 0 Å². The number of likely N-dealkylation sites (N-methyl/N-ethyl adjacent to an activating group) is 1. The van der Waals surface area contributed by atoms with Crippen LogP contribution in [0, 0.1) is 0 Å². The molecule has 2 heterocycles. The van der Waals surface area contributed by atoms with E-state index < -0.39 is 0 Å². The van der Waals surface area contributed by atoms with Crippen LogP contribution in [0.15, 0.2) is 72.8 Å². The van der Waals surface area contributed by atoms with Gasteiger partial charge in [-0.15, -0.1) is 0 Å². The number of hydrogen-bond donors (Lipinski definition) is 1. The molecule has 1 aliphatic rings. The summed E-state index contributed by atoms with van der Waals surface area (Å²) < 4.78 is 1.05. The van der Waals surface area contributed by atoms with Gasteiger partial charge in [-0.3, -0.25) is 9.59 Å². The van der Waals surface area contributed by atoms with Crippen LogP contribution in [-0.2, 0) is 0 Å². The number of rotatable bonds is 5. The zero-order valence-electron chi connectivity index (χ0n) is 18.3. The van der Waals surface area contributed by atoms with Crippen molar-refractivity contribution in [3.05, 3.63) is 89.5 Å². The van der Waals surface area contributed by atoms with E-state index >= 15 is 0 Å². The third-order valence-corrected chi connectivity index (χ3v) is 6.93. The first kappa shape index (κ1) is 21.3. The van der Waals surface area contributed by atoms with Crippen LogP contribution < -0.4 is 10.2 Å². The highest BCUT2D eigenvalue weighted by atomic mass is 32.1. The highest BCUT2D eigenvalue weighted by molar-refractivity contribution is 7.22. The molecule has 0 bridgehead atoms. The SMILES string of the molecule is CN1CCN(c2nc3ccc(NC(=O)c4ccc(C(=O)c5ccccc5)cc4)cc3s2)CC1. The number of fused-ring (bicyclic) bond motifs is 1. The first-order valence-electron chi connectivity index (χ1n) is 10.9. The van der Waals surface area contributed by atoms with Crippen molar-refractivity contribution in [1.82, 2.24) is 9.88 Å². The van der Waals surface area contributed by atoms with Gasteiger partial charge in [0.15, 0.2) is 10.9 Å². The standard InChI is InChI=1S/C26H24N4O2S/c1-29-13-15-30(16-14-29)26-28-22-12-11-21(17-23(22)33-26)27-25(32)20-9-7-19(8-10-20)24(31)18-5-3-2-4-6-18/h2-12,17H,13-16H2,1H3,(H,27,32). The van der Waals surface area contributed by atoms with Gasteiger partial charge in [0, 0.05) is 48.6 Å². The molecule has 1 aromatic heterocycles. The molecule has 4 aromatic rings. The smallest absolute Gasteiger partial charge is 0.255 e. The summed E-state index contributed by atoms with van der Waals surface area (Å²) in [6.07, 6.45) is 0. The highest BCUT2D eigenvalue weighted by Crippen LogP contribution is 2.31. The topological polar surface area (TPSA) is 65.5 Å². The molecule has 3 aromatic carbocycles. The molecule has 0 spiro atoms. The number of piperazine rings is 1. The van der Waals surface area contributed by atoms with Gasteiger partial charge in [0.25, 0.3) is 5.91 Å². The first-order valence-corrected chi connectivity index (χ1v) is 11.7.